The molecular weight excluding hydrogens is 211 g/mol. The first kappa shape index (κ1) is 10.4. The maximum atomic E-state index is 12.6. The molecule has 4 nitrogen and oxygen atoms in total. The van der Waals surface area contributed by atoms with Crippen LogP contribution >= 0.6 is 0 Å². The van der Waals surface area contributed by atoms with Crippen LogP contribution in [-0.4, -0.2) is 23.8 Å². The molecule has 0 aromatic heterocycles. The molecule has 5 heteroatoms. The number of likely N-dealkylation sites (N-methyl/N-ethyl adjacent to an activating group) is 1. The van der Waals surface area contributed by atoms with E-state index in [-0.39, 0.29) is 17.4 Å². The van der Waals surface area contributed by atoms with Gasteiger partial charge in [0, 0.05) is 18.8 Å². The van der Waals surface area contributed by atoms with Crippen molar-refractivity contribution >= 4 is 17.5 Å². The summed E-state index contributed by atoms with van der Waals surface area (Å²) in [7, 11) is 1.40. The van der Waals surface area contributed by atoms with Gasteiger partial charge in [-0.1, -0.05) is 0 Å². The van der Waals surface area contributed by atoms with Gasteiger partial charge >= 0.3 is 0 Å². The zero-order chi connectivity index (χ0) is 11.7. The molecule has 1 aromatic carbocycles. The second-order valence-corrected chi connectivity index (χ2v) is 3.39. The van der Waals surface area contributed by atoms with Gasteiger partial charge in [-0.25, -0.2) is 4.39 Å². The molecule has 16 heavy (non-hydrogen) atoms. The number of amides is 2. The van der Waals surface area contributed by atoms with Gasteiger partial charge in [0.1, 0.15) is 11.5 Å². The Morgan fingerprint density at radius 1 is 1.19 bits per heavy atom. The highest BCUT2D eigenvalue weighted by atomic mass is 19.1. The molecule has 1 N–H and O–H groups in total. The molecule has 0 fully saturated rings. The first-order chi connectivity index (χ1) is 7.58. The average molecular weight is 220 g/mol. The summed E-state index contributed by atoms with van der Waals surface area (Å²) in [4.78, 5) is 23.7. The van der Waals surface area contributed by atoms with E-state index in [1.807, 2.05) is 0 Å². The Bertz CT molecular complexity index is 479. The molecular formula is C11H9FN2O2. The van der Waals surface area contributed by atoms with Crippen molar-refractivity contribution in [3.05, 3.63) is 41.9 Å². The van der Waals surface area contributed by atoms with Gasteiger partial charge in [-0.3, -0.25) is 14.5 Å². The highest BCUT2D eigenvalue weighted by molar-refractivity contribution is 6.17. The van der Waals surface area contributed by atoms with Gasteiger partial charge in [-0.15, -0.1) is 0 Å². The van der Waals surface area contributed by atoms with Gasteiger partial charge in [0.2, 0.25) is 0 Å². The van der Waals surface area contributed by atoms with E-state index in [2.05, 4.69) is 5.32 Å². The summed E-state index contributed by atoms with van der Waals surface area (Å²) in [5.74, 6) is -1.12. The maximum absolute atomic E-state index is 12.6. The summed E-state index contributed by atoms with van der Waals surface area (Å²) in [6.07, 6.45) is 1.21. The smallest absolute Gasteiger partial charge is 0.277 e. The number of hydrogen-bond donors (Lipinski definition) is 1. The Morgan fingerprint density at radius 3 is 2.31 bits per heavy atom. The topological polar surface area (TPSA) is 49.4 Å². The van der Waals surface area contributed by atoms with Crippen LogP contribution in [0.15, 0.2) is 36.0 Å². The predicted octanol–water partition coefficient (Wildman–Crippen LogP) is 1.12. The fourth-order valence-electron chi connectivity index (χ4n) is 1.34. The molecule has 0 aliphatic carbocycles. The van der Waals surface area contributed by atoms with Crippen molar-refractivity contribution < 1.29 is 14.0 Å². The number of halogens is 1. The quantitative estimate of drug-likeness (QED) is 0.760. The van der Waals surface area contributed by atoms with Crippen LogP contribution in [0.2, 0.25) is 0 Å². The fourth-order valence-corrected chi connectivity index (χ4v) is 1.34. The molecule has 0 saturated heterocycles. The summed E-state index contributed by atoms with van der Waals surface area (Å²) in [5, 5.41) is 2.76. The lowest BCUT2D eigenvalue weighted by Gasteiger charge is -2.08. The average Bonchev–Trinajstić information content (AvgIpc) is 2.50. The predicted molar refractivity (Wildman–Crippen MR) is 55.9 cm³/mol. The number of carbonyl (C=O) groups is 2. The number of imide groups is 1. The summed E-state index contributed by atoms with van der Waals surface area (Å²) in [6, 6.07) is 5.53. The lowest BCUT2D eigenvalue weighted by Crippen LogP contribution is -2.27. The lowest BCUT2D eigenvalue weighted by molar-refractivity contribution is -0.135. The van der Waals surface area contributed by atoms with Crippen molar-refractivity contribution in [3.63, 3.8) is 0 Å². The third-order valence-electron chi connectivity index (χ3n) is 2.26. The van der Waals surface area contributed by atoms with E-state index < -0.39 is 5.91 Å². The molecule has 0 saturated carbocycles. The Labute approximate surface area is 91.4 Å². The summed E-state index contributed by atoms with van der Waals surface area (Å²) in [6.45, 7) is 0. The first-order valence-corrected chi connectivity index (χ1v) is 4.64. The van der Waals surface area contributed by atoms with Gasteiger partial charge < -0.3 is 5.32 Å². The number of anilines is 1. The highest BCUT2D eigenvalue weighted by Gasteiger charge is 2.27. The van der Waals surface area contributed by atoms with Crippen LogP contribution < -0.4 is 5.32 Å². The molecule has 82 valence electrons. The van der Waals surface area contributed by atoms with Crippen molar-refractivity contribution in [2.24, 2.45) is 0 Å². The minimum absolute atomic E-state index is 0.194. The van der Waals surface area contributed by atoms with Gasteiger partial charge in [0.05, 0.1) is 0 Å². The third kappa shape index (κ3) is 1.79. The second-order valence-electron chi connectivity index (χ2n) is 3.39. The first-order valence-electron chi connectivity index (χ1n) is 4.64. The number of hydrogen-bond acceptors (Lipinski definition) is 3. The van der Waals surface area contributed by atoms with E-state index in [9.17, 15) is 14.0 Å². The fraction of sp³-hybridized carbons (Fsp3) is 0.0909. The molecule has 1 aromatic rings. The van der Waals surface area contributed by atoms with Gasteiger partial charge in [-0.05, 0) is 24.3 Å². The van der Waals surface area contributed by atoms with Crippen molar-refractivity contribution in [3.8, 4) is 0 Å². The van der Waals surface area contributed by atoms with Crippen LogP contribution in [0.1, 0.15) is 0 Å². The van der Waals surface area contributed by atoms with E-state index in [1.165, 1.54) is 37.4 Å². The van der Waals surface area contributed by atoms with Crippen LogP contribution in [-0.2, 0) is 9.59 Å². The number of nitrogens with zero attached hydrogens (tertiary/aromatic N) is 1. The third-order valence-corrected chi connectivity index (χ3v) is 2.26. The van der Waals surface area contributed by atoms with Gasteiger partial charge in [0.15, 0.2) is 0 Å². The summed E-state index contributed by atoms with van der Waals surface area (Å²) in [5.41, 5.74) is 0.753. The molecule has 0 atom stereocenters. The minimum atomic E-state index is -0.394. The Morgan fingerprint density at radius 2 is 1.81 bits per heavy atom. The van der Waals surface area contributed by atoms with Crippen LogP contribution in [0.5, 0.6) is 0 Å². The van der Waals surface area contributed by atoms with Gasteiger partial charge in [0.25, 0.3) is 11.8 Å². The molecule has 0 spiro atoms. The molecule has 2 amide bonds. The monoisotopic (exact) mass is 220 g/mol. The largest absolute Gasteiger partial charge is 0.351 e. The molecule has 1 aliphatic heterocycles. The molecule has 2 rings (SSSR count). The lowest BCUT2D eigenvalue weighted by atomic mass is 10.3. The number of rotatable bonds is 2. The number of benzene rings is 1. The maximum Gasteiger partial charge on any atom is 0.277 e. The molecule has 0 bridgehead atoms. The van der Waals surface area contributed by atoms with Crippen molar-refractivity contribution in [1.29, 1.82) is 0 Å². The van der Waals surface area contributed by atoms with Crippen molar-refractivity contribution in [1.82, 2.24) is 4.90 Å². The van der Waals surface area contributed by atoms with Crippen molar-refractivity contribution in [2.75, 3.05) is 12.4 Å². The SMILES string of the molecule is CN1C(=O)C=C(Nc2ccc(F)cc2)C1=O. The Kier molecular flexibility index (Phi) is 2.44. The summed E-state index contributed by atoms with van der Waals surface area (Å²) >= 11 is 0. The summed E-state index contributed by atoms with van der Waals surface area (Å²) < 4.78 is 12.6. The second kappa shape index (κ2) is 3.77. The standard InChI is InChI=1S/C11H9FN2O2/c1-14-10(15)6-9(11(14)16)13-8-4-2-7(12)3-5-8/h2-6,13H,1H3. The van der Waals surface area contributed by atoms with E-state index >= 15 is 0 Å². The van der Waals surface area contributed by atoms with Crippen LogP contribution in [0.4, 0.5) is 10.1 Å². The number of nitrogens with one attached hydrogen (secondary N) is 1. The number of carbonyl (C=O) groups excluding carboxylic acids is 2. The van der Waals surface area contributed by atoms with E-state index in [0.29, 0.717) is 5.69 Å². The zero-order valence-corrected chi connectivity index (χ0v) is 8.53. The minimum Gasteiger partial charge on any atom is -0.351 e. The normalized spacial score (nSPS) is 15.4. The molecule has 0 radical (unpaired) electrons. The highest BCUT2D eigenvalue weighted by Crippen LogP contribution is 2.16. The molecule has 0 unspecified atom stereocenters. The molecule has 1 heterocycles. The van der Waals surface area contributed by atoms with Crippen LogP contribution in [0, 0.1) is 5.82 Å². The van der Waals surface area contributed by atoms with E-state index in [4.69, 9.17) is 0 Å². The zero-order valence-electron chi connectivity index (χ0n) is 8.53. The van der Waals surface area contributed by atoms with Crippen molar-refractivity contribution in [2.45, 2.75) is 0 Å². The van der Waals surface area contributed by atoms with Crippen LogP contribution in [0.25, 0.3) is 0 Å². The van der Waals surface area contributed by atoms with E-state index in [0.717, 1.165) is 4.90 Å². The van der Waals surface area contributed by atoms with E-state index in [1.54, 1.807) is 0 Å². The van der Waals surface area contributed by atoms with Gasteiger partial charge in [-0.2, -0.15) is 0 Å². The Balaban J connectivity index is 2.17. The van der Waals surface area contributed by atoms with Crippen LogP contribution in [0.3, 0.4) is 0 Å². The Hall–Kier alpha value is -2.17. The molecule has 1 aliphatic rings.